The number of aryl methyl sites for hydroxylation is 1. The lowest BCUT2D eigenvalue weighted by Crippen LogP contribution is -2.43. The molecule has 1 aromatic carbocycles. The van der Waals surface area contributed by atoms with E-state index in [0.29, 0.717) is 5.92 Å². The topological polar surface area (TPSA) is 65.9 Å². The highest BCUT2D eigenvalue weighted by Crippen LogP contribution is 2.39. The zero-order valence-corrected chi connectivity index (χ0v) is 21.7. The predicted octanol–water partition coefficient (Wildman–Crippen LogP) is 4.97. The van der Waals surface area contributed by atoms with Crippen LogP contribution in [0.2, 0.25) is 0 Å². The largest absolute Gasteiger partial charge is 0.396 e. The van der Waals surface area contributed by atoms with Gasteiger partial charge in [-0.2, -0.15) is 0 Å². The minimum Gasteiger partial charge on any atom is -0.396 e. The van der Waals surface area contributed by atoms with E-state index in [1.807, 2.05) is 0 Å². The predicted molar refractivity (Wildman–Crippen MR) is 139 cm³/mol. The molecule has 1 aliphatic heterocycles. The van der Waals surface area contributed by atoms with Crippen LogP contribution in [0.5, 0.6) is 0 Å². The fourth-order valence-corrected chi connectivity index (χ4v) is 5.02. The zero-order valence-electron chi connectivity index (χ0n) is 19.4. The van der Waals surface area contributed by atoms with E-state index in [-0.39, 0.29) is 42.1 Å². The maximum atomic E-state index is 9.59. The van der Waals surface area contributed by atoms with Crippen molar-refractivity contribution in [1.82, 2.24) is 10.6 Å². The number of benzene rings is 1. The van der Waals surface area contributed by atoms with Gasteiger partial charge in [0.15, 0.2) is 5.96 Å². The smallest absolute Gasteiger partial charge is 0.191 e. The van der Waals surface area contributed by atoms with Crippen LogP contribution in [-0.2, 0) is 4.74 Å². The molecule has 3 rings (SSSR count). The van der Waals surface area contributed by atoms with Crippen molar-refractivity contribution in [3.8, 4) is 0 Å². The molecule has 1 aliphatic carbocycles. The van der Waals surface area contributed by atoms with Gasteiger partial charge in [0, 0.05) is 38.8 Å². The van der Waals surface area contributed by atoms with E-state index >= 15 is 0 Å². The van der Waals surface area contributed by atoms with Crippen molar-refractivity contribution in [2.75, 3.05) is 32.8 Å². The van der Waals surface area contributed by atoms with Crippen molar-refractivity contribution < 1.29 is 9.84 Å². The molecule has 6 heteroatoms. The Kier molecular flexibility index (Phi) is 11.6. The van der Waals surface area contributed by atoms with Crippen molar-refractivity contribution in [2.45, 2.75) is 71.3 Å². The Morgan fingerprint density at radius 3 is 2.55 bits per heavy atom. The number of aliphatic hydroxyl groups is 1. The molecule has 5 nitrogen and oxygen atoms in total. The number of guanidine groups is 1. The summed E-state index contributed by atoms with van der Waals surface area (Å²) in [5, 5.41) is 16.6. The second-order valence-electron chi connectivity index (χ2n) is 9.21. The summed E-state index contributed by atoms with van der Waals surface area (Å²) in [6.45, 7) is 7.84. The minimum absolute atomic E-state index is 0. The lowest BCUT2D eigenvalue weighted by atomic mass is 9.72. The minimum atomic E-state index is 0. The van der Waals surface area contributed by atoms with E-state index in [1.54, 1.807) is 0 Å². The number of aliphatic imine (C=N–C) groups is 1. The highest BCUT2D eigenvalue weighted by Gasteiger charge is 2.32. The lowest BCUT2D eigenvalue weighted by molar-refractivity contribution is -0.0265. The van der Waals surface area contributed by atoms with Gasteiger partial charge >= 0.3 is 0 Å². The zero-order chi connectivity index (χ0) is 21.2. The van der Waals surface area contributed by atoms with E-state index in [0.717, 1.165) is 45.0 Å². The quantitative estimate of drug-likeness (QED) is 0.246. The monoisotopic (exact) mass is 543 g/mol. The van der Waals surface area contributed by atoms with Crippen LogP contribution in [0.4, 0.5) is 0 Å². The first kappa shape index (κ1) is 26.4. The maximum absolute atomic E-state index is 9.59. The molecule has 1 aromatic rings. The summed E-state index contributed by atoms with van der Waals surface area (Å²) in [5.74, 6) is 1.33. The number of ether oxygens (including phenoxy) is 1. The number of hydrogen-bond donors (Lipinski definition) is 3. The molecule has 176 valence electrons. The van der Waals surface area contributed by atoms with E-state index in [9.17, 15) is 5.11 Å². The molecule has 0 amide bonds. The van der Waals surface area contributed by atoms with E-state index in [2.05, 4.69) is 48.7 Å². The van der Waals surface area contributed by atoms with Gasteiger partial charge in [0.2, 0.25) is 0 Å². The Balaban J connectivity index is 0.00000341. The lowest BCUT2D eigenvalue weighted by Gasteiger charge is -2.36. The van der Waals surface area contributed by atoms with Crippen molar-refractivity contribution >= 4 is 29.9 Å². The van der Waals surface area contributed by atoms with E-state index in [1.165, 1.54) is 49.7 Å². The number of rotatable bonds is 8. The van der Waals surface area contributed by atoms with Crippen molar-refractivity contribution in [3.63, 3.8) is 0 Å². The first-order chi connectivity index (χ1) is 14.7. The number of hydrogen-bond acceptors (Lipinski definition) is 3. The van der Waals surface area contributed by atoms with Gasteiger partial charge in [-0.05, 0) is 56.9 Å². The molecule has 0 aromatic heterocycles. The average molecular weight is 544 g/mol. The van der Waals surface area contributed by atoms with Crippen LogP contribution in [0.25, 0.3) is 0 Å². The van der Waals surface area contributed by atoms with Crippen LogP contribution >= 0.6 is 24.0 Å². The van der Waals surface area contributed by atoms with Gasteiger partial charge in [0.25, 0.3) is 0 Å². The van der Waals surface area contributed by atoms with Gasteiger partial charge in [0.05, 0.1) is 6.10 Å². The number of nitrogens with zero attached hydrogens (tertiary/aromatic N) is 1. The molecule has 31 heavy (non-hydrogen) atoms. The van der Waals surface area contributed by atoms with Crippen LogP contribution < -0.4 is 10.6 Å². The summed E-state index contributed by atoms with van der Waals surface area (Å²) >= 11 is 0. The third-order valence-corrected chi connectivity index (χ3v) is 6.86. The Morgan fingerprint density at radius 2 is 1.87 bits per heavy atom. The normalized spacial score (nSPS) is 23.6. The molecule has 0 bridgehead atoms. The van der Waals surface area contributed by atoms with Crippen LogP contribution in [0.3, 0.4) is 0 Å². The molecule has 2 aliphatic rings. The van der Waals surface area contributed by atoms with Gasteiger partial charge in [-0.15, -0.1) is 24.0 Å². The van der Waals surface area contributed by atoms with Crippen LogP contribution in [0.1, 0.15) is 75.5 Å². The number of aliphatic hydroxyl groups excluding tert-OH is 1. The highest BCUT2D eigenvalue weighted by molar-refractivity contribution is 14.0. The first-order valence-electron chi connectivity index (χ1n) is 12.0. The standard InChI is InChI=1S/C25H41N3O2.HI/c1-3-26-24(28-19-25(15-16-29)13-5-4-6-14-25)27-18-22-8-7-17-30-23(22)21-11-9-20(2)10-12-21;/h9-12,22-23,29H,3-8,13-19H2,1-2H3,(H2,26,27,28);1H. The fraction of sp³-hybridized carbons (Fsp3) is 0.720. The van der Waals surface area contributed by atoms with Gasteiger partial charge in [-0.3, -0.25) is 4.99 Å². The number of halogens is 1. The third kappa shape index (κ3) is 7.90. The summed E-state index contributed by atoms with van der Waals surface area (Å²) in [5.41, 5.74) is 2.73. The summed E-state index contributed by atoms with van der Waals surface area (Å²) < 4.78 is 6.18. The number of nitrogens with one attached hydrogen (secondary N) is 2. The molecule has 0 spiro atoms. The molecule has 1 saturated heterocycles. The van der Waals surface area contributed by atoms with Gasteiger partial charge in [0.1, 0.15) is 0 Å². The summed E-state index contributed by atoms with van der Waals surface area (Å²) in [6.07, 6.45) is 9.49. The van der Waals surface area contributed by atoms with Crippen LogP contribution in [-0.4, -0.2) is 43.9 Å². The van der Waals surface area contributed by atoms with Crippen molar-refractivity contribution in [2.24, 2.45) is 16.3 Å². The highest BCUT2D eigenvalue weighted by atomic mass is 127. The average Bonchev–Trinajstić information content (AvgIpc) is 2.77. The first-order valence-corrected chi connectivity index (χ1v) is 12.0. The Labute approximate surface area is 205 Å². The summed E-state index contributed by atoms with van der Waals surface area (Å²) in [4.78, 5) is 4.96. The van der Waals surface area contributed by atoms with E-state index in [4.69, 9.17) is 9.73 Å². The van der Waals surface area contributed by atoms with Crippen LogP contribution in [0, 0.1) is 18.3 Å². The third-order valence-electron chi connectivity index (χ3n) is 6.86. The fourth-order valence-electron chi connectivity index (χ4n) is 5.02. The molecule has 2 atom stereocenters. The van der Waals surface area contributed by atoms with Gasteiger partial charge < -0.3 is 20.5 Å². The molecule has 0 radical (unpaired) electrons. The molecule has 2 unspecified atom stereocenters. The molecule has 1 saturated carbocycles. The SMILES string of the molecule is CCNC(=NCC1(CCO)CCCCC1)NCC1CCCOC1c1ccc(C)cc1.I. The Hall–Kier alpha value is -0.860. The van der Waals surface area contributed by atoms with Crippen molar-refractivity contribution in [1.29, 1.82) is 0 Å². The molecule has 1 heterocycles. The molecule has 3 N–H and O–H groups in total. The second-order valence-corrected chi connectivity index (χ2v) is 9.21. The molecule has 2 fully saturated rings. The Morgan fingerprint density at radius 1 is 1.13 bits per heavy atom. The second kappa shape index (κ2) is 13.6. The summed E-state index contributed by atoms with van der Waals surface area (Å²) in [6, 6.07) is 8.76. The molecular weight excluding hydrogens is 501 g/mol. The van der Waals surface area contributed by atoms with Crippen molar-refractivity contribution in [3.05, 3.63) is 35.4 Å². The van der Waals surface area contributed by atoms with Gasteiger partial charge in [-0.25, -0.2) is 0 Å². The van der Waals surface area contributed by atoms with Crippen LogP contribution in [0.15, 0.2) is 29.3 Å². The maximum Gasteiger partial charge on any atom is 0.191 e. The Bertz CT molecular complexity index is 654. The van der Waals surface area contributed by atoms with Gasteiger partial charge in [-0.1, -0.05) is 49.1 Å². The van der Waals surface area contributed by atoms with E-state index < -0.39 is 0 Å². The molecular formula is C25H42IN3O2. The summed E-state index contributed by atoms with van der Waals surface area (Å²) in [7, 11) is 0.